The number of benzene rings is 3. The molecule has 4 heteroatoms. The van der Waals surface area contributed by atoms with Crippen molar-refractivity contribution in [2.24, 2.45) is 0 Å². The highest BCUT2D eigenvalue weighted by atomic mass is 16.3. The summed E-state index contributed by atoms with van der Waals surface area (Å²) in [7, 11) is 0. The van der Waals surface area contributed by atoms with E-state index in [1.54, 1.807) is 23.1 Å². The van der Waals surface area contributed by atoms with E-state index in [1.165, 1.54) is 0 Å². The Bertz CT molecular complexity index is 1130. The molecule has 1 heterocycles. The molecule has 1 amide bonds. The second kappa shape index (κ2) is 7.54. The number of carbonyl (C=O) groups excluding carboxylic acids is 2. The van der Waals surface area contributed by atoms with Gasteiger partial charge in [0.15, 0.2) is 11.4 Å². The fraction of sp³-hybridized carbons (Fsp3) is 0.231. The van der Waals surface area contributed by atoms with Crippen LogP contribution in [-0.2, 0) is 16.9 Å². The minimum Gasteiger partial charge on any atom is -0.375 e. The summed E-state index contributed by atoms with van der Waals surface area (Å²) in [5.41, 5.74) is 3.83. The fourth-order valence-corrected chi connectivity index (χ4v) is 4.16. The molecule has 1 aliphatic rings. The summed E-state index contributed by atoms with van der Waals surface area (Å²) >= 11 is 0. The summed E-state index contributed by atoms with van der Waals surface area (Å²) in [5.74, 6) is -0.697. The van der Waals surface area contributed by atoms with Crippen LogP contribution in [0.3, 0.4) is 0 Å². The van der Waals surface area contributed by atoms with Gasteiger partial charge in [-0.2, -0.15) is 0 Å². The van der Waals surface area contributed by atoms with Crippen molar-refractivity contribution in [3.8, 4) is 0 Å². The minimum absolute atomic E-state index is 0.240. The van der Waals surface area contributed by atoms with Crippen LogP contribution in [0.25, 0.3) is 0 Å². The molecule has 0 bridgehead atoms. The van der Waals surface area contributed by atoms with Crippen LogP contribution in [0.5, 0.6) is 0 Å². The van der Waals surface area contributed by atoms with Gasteiger partial charge >= 0.3 is 0 Å². The molecule has 1 aliphatic heterocycles. The molecule has 3 aromatic rings. The first-order valence-electron chi connectivity index (χ1n) is 10.1. The summed E-state index contributed by atoms with van der Waals surface area (Å²) in [6, 6.07) is 20.7. The molecule has 0 radical (unpaired) electrons. The van der Waals surface area contributed by atoms with Crippen LogP contribution in [0.15, 0.2) is 66.7 Å². The molecule has 0 aliphatic carbocycles. The normalized spacial score (nSPS) is 17.9. The number of amides is 1. The van der Waals surface area contributed by atoms with Gasteiger partial charge in [-0.1, -0.05) is 71.8 Å². The lowest BCUT2D eigenvalue weighted by Crippen LogP contribution is -2.41. The highest BCUT2D eigenvalue weighted by molar-refractivity contribution is 6.11. The van der Waals surface area contributed by atoms with Gasteiger partial charge < -0.3 is 10.0 Å². The van der Waals surface area contributed by atoms with Gasteiger partial charge in [-0.3, -0.25) is 9.59 Å². The van der Waals surface area contributed by atoms with E-state index in [0.29, 0.717) is 23.4 Å². The molecular formula is C26H25NO3. The number of hydrogen-bond donors (Lipinski definition) is 1. The van der Waals surface area contributed by atoms with Gasteiger partial charge in [-0.15, -0.1) is 0 Å². The Balaban J connectivity index is 1.68. The molecule has 0 aromatic heterocycles. The highest BCUT2D eigenvalue weighted by Gasteiger charge is 2.50. The first kappa shape index (κ1) is 20.0. The second-order valence-electron chi connectivity index (χ2n) is 8.17. The van der Waals surface area contributed by atoms with Gasteiger partial charge in [0, 0.05) is 11.1 Å². The van der Waals surface area contributed by atoms with Crippen molar-refractivity contribution in [2.75, 3.05) is 4.90 Å². The largest absolute Gasteiger partial charge is 0.375 e. The Kier molecular flexibility index (Phi) is 5.04. The van der Waals surface area contributed by atoms with Crippen molar-refractivity contribution in [3.63, 3.8) is 0 Å². The number of para-hydroxylation sites is 1. The number of rotatable bonds is 5. The van der Waals surface area contributed by atoms with Gasteiger partial charge in [-0.25, -0.2) is 0 Å². The van der Waals surface area contributed by atoms with Gasteiger partial charge in [0.05, 0.1) is 18.7 Å². The zero-order chi connectivity index (χ0) is 21.5. The van der Waals surface area contributed by atoms with Crippen molar-refractivity contribution in [1.82, 2.24) is 0 Å². The number of nitrogens with zero attached hydrogens (tertiary/aromatic N) is 1. The molecule has 0 spiro atoms. The zero-order valence-corrected chi connectivity index (χ0v) is 17.5. The molecule has 1 atom stereocenters. The van der Waals surface area contributed by atoms with Crippen molar-refractivity contribution >= 4 is 17.4 Å². The van der Waals surface area contributed by atoms with E-state index in [9.17, 15) is 14.7 Å². The summed E-state index contributed by atoms with van der Waals surface area (Å²) in [6.07, 6.45) is -0.281. The maximum absolute atomic E-state index is 13.4. The van der Waals surface area contributed by atoms with E-state index in [-0.39, 0.29) is 12.2 Å². The monoisotopic (exact) mass is 399 g/mol. The average Bonchev–Trinajstić information content (AvgIpc) is 2.91. The second-order valence-corrected chi connectivity index (χ2v) is 8.17. The van der Waals surface area contributed by atoms with Gasteiger partial charge in [0.1, 0.15) is 0 Å². The van der Waals surface area contributed by atoms with Crippen LogP contribution in [0.1, 0.15) is 44.6 Å². The van der Waals surface area contributed by atoms with Crippen LogP contribution >= 0.6 is 0 Å². The quantitative estimate of drug-likeness (QED) is 0.637. The molecule has 0 saturated carbocycles. The van der Waals surface area contributed by atoms with E-state index in [0.717, 1.165) is 22.3 Å². The Morgan fingerprint density at radius 1 is 0.933 bits per heavy atom. The molecule has 1 N–H and O–H groups in total. The fourth-order valence-electron chi connectivity index (χ4n) is 4.16. The van der Waals surface area contributed by atoms with E-state index >= 15 is 0 Å². The Hall–Kier alpha value is -3.24. The summed E-state index contributed by atoms with van der Waals surface area (Å²) in [5, 5.41) is 11.5. The third-order valence-corrected chi connectivity index (χ3v) is 5.80. The number of aliphatic hydroxyl groups is 1. The average molecular weight is 399 g/mol. The lowest BCUT2D eigenvalue weighted by molar-refractivity contribution is -0.136. The summed E-state index contributed by atoms with van der Waals surface area (Å²) < 4.78 is 0. The maximum atomic E-state index is 13.4. The zero-order valence-electron chi connectivity index (χ0n) is 17.5. The van der Waals surface area contributed by atoms with Crippen molar-refractivity contribution in [3.05, 3.63) is 100 Å². The topological polar surface area (TPSA) is 57.6 Å². The molecule has 4 nitrogen and oxygen atoms in total. The smallest absolute Gasteiger partial charge is 0.264 e. The molecule has 0 unspecified atom stereocenters. The van der Waals surface area contributed by atoms with E-state index < -0.39 is 11.5 Å². The number of hydrogen-bond acceptors (Lipinski definition) is 3. The van der Waals surface area contributed by atoms with Gasteiger partial charge in [0.25, 0.3) is 5.91 Å². The van der Waals surface area contributed by atoms with Crippen molar-refractivity contribution in [1.29, 1.82) is 0 Å². The molecular weight excluding hydrogens is 374 g/mol. The van der Waals surface area contributed by atoms with Crippen LogP contribution in [0.2, 0.25) is 0 Å². The lowest BCUT2D eigenvalue weighted by Gasteiger charge is -2.23. The van der Waals surface area contributed by atoms with Crippen LogP contribution in [0, 0.1) is 20.8 Å². The first-order chi connectivity index (χ1) is 14.3. The number of ketones is 1. The minimum atomic E-state index is -1.87. The predicted molar refractivity (Wildman–Crippen MR) is 118 cm³/mol. The van der Waals surface area contributed by atoms with E-state index in [4.69, 9.17) is 0 Å². The van der Waals surface area contributed by atoms with Crippen molar-refractivity contribution < 1.29 is 14.7 Å². The van der Waals surface area contributed by atoms with Gasteiger partial charge in [-0.05, 0) is 38.0 Å². The Morgan fingerprint density at radius 2 is 1.60 bits per heavy atom. The number of Topliss-reactive ketones (excluding diaryl/α,β-unsaturated/α-hetero) is 1. The molecule has 30 heavy (non-hydrogen) atoms. The van der Waals surface area contributed by atoms with Crippen LogP contribution in [-0.4, -0.2) is 16.8 Å². The van der Waals surface area contributed by atoms with E-state index in [1.807, 2.05) is 69.3 Å². The molecule has 3 aromatic carbocycles. The van der Waals surface area contributed by atoms with Crippen LogP contribution < -0.4 is 4.90 Å². The Morgan fingerprint density at radius 3 is 2.30 bits per heavy atom. The summed E-state index contributed by atoms with van der Waals surface area (Å²) in [4.78, 5) is 28.0. The summed E-state index contributed by atoms with van der Waals surface area (Å²) in [6.45, 7) is 6.20. The Labute approximate surface area is 176 Å². The number of anilines is 1. The number of fused-ring (bicyclic) bond motifs is 1. The predicted octanol–water partition coefficient (Wildman–Crippen LogP) is 4.62. The van der Waals surface area contributed by atoms with Crippen molar-refractivity contribution in [2.45, 2.75) is 39.3 Å². The number of aryl methyl sites for hydroxylation is 3. The maximum Gasteiger partial charge on any atom is 0.264 e. The third kappa shape index (κ3) is 3.44. The first-order valence-corrected chi connectivity index (χ1v) is 10.1. The molecule has 152 valence electrons. The third-order valence-electron chi connectivity index (χ3n) is 5.80. The molecule has 0 fully saturated rings. The highest BCUT2D eigenvalue weighted by Crippen LogP contribution is 2.43. The molecule has 4 rings (SSSR count). The van der Waals surface area contributed by atoms with Gasteiger partial charge in [0.2, 0.25) is 0 Å². The SMILES string of the molecule is Cc1ccc(CN2C(=O)[C@@](O)(CC(=O)c3ccc(C)cc3C)c3ccccc32)cc1. The molecule has 0 saturated heterocycles. The number of carbonyl (C=O) groups is 2. The standard InChI is InChI=1S/C26H25NO3/c1-17-8-11-20(12-9-17)16-27-23-7-5-4-6-22(23)26(30,25(27)29)15-24(28)21-13-10-18(2)14-19(21)3/h4-14,30H,15-16H2,1-3H3/t26-/m1/s1. The van der Waals surface area contributed by atoms with E-state index in [2.05, 4.69) is 0 Å². The lowest BCUT2D eigenvalue weighted by atomic mass is 9.87. The van der Waals surface area contributed by atoms with Crippen LogP contribution in [0.4, 0.5) is 5.69 Å².